The lowest BCUT2D eigenvalue weighted by atomic mass is 9.95. The highest BCUT2D eigenvalue weighted by Crippen LogP contribution is 2.25. The number of aliphatic hydroxyl groups is 1. The van der Waals surface area contributed by atoms with Crippen LogP contribution in [0.4, 0.5) is 10.5 Å². The van der Waals surface area contributed by atoms with Crippen molar-refractivity contribution in [3.63, 3.8) is 0 Å². The number of hydrogen-bond donors (Lipinski definition) is 3. The number of rotatable bonds is 12. The first-order valence-electron chi connectivity index (χ1n) is 14.5. The van der Waals surface area contributed by atoms with E-state index in [1.807, 2.05) is 17.0 Å². The van der Waals surface area contributed by atoms with Crippen molar-refractivity contribution in [2.45, 2.75) is 76.4 Å². The number of amides is 2. The Bertz CT molecular complexity index is 1160. The maximum absolute atomic E-state index is 13.2. The lowest BCUT2D eigenvalue weighted by Crippen LogP contribution is -2.53. The molecule has 0 radical (unpaired) electrons. The lowest BCUT2D eigenvalue weighted by Gasteiger charge is -2.39. The van der Waals surface area contributed by atoms with E-state index in [1.165, 1.54) is 24.8 Å². The Labute approximate surface area is 238 Å². The number of benzene rings is 2. The highest BCUT2D eigenvalue weighted by molar-refractivity contribution is 7.92. The number of carbonyl (C=O) groups excluding carboxylic acids is 1. The Hall–Kier alpha value is -2.82. The smallest absolute Gasteiger partial charge is 0.317 e. The number of aliphatic hydroxyl groups excluding tert-OH is 1. The number of carbonyl (C=O) groups is 1. The number of hydrogen-bond acceptors (Lipinski definition) is 6. The third-order valence-corrected chi connectivity index (χ3v) is 8.33. The van der Waals surface area contributed by atoms with Crippen molar-refractivity contribution in [3.05, 3.63) is 54.1 Å². The summed E-state index contributed by atoms with van der Waals surface area (Å²) in [6.07, 6.45) is 10.4. The van der Waals surface area contributed by atoms with Gasteiger partial charge in [0.05, 0.1) is 6.26 Å². The van der Waals surface area contributed by atoms with Crippen LogP contribution >= 0.6 is 0 Å². The summed E-state index contributed by atoms with van der Waals surface area (Å²) in [5.41, 5.74) is 1.69. The van der Waals surface area contributed by atoms with Gasteiger partial charge in [0.2, 0.25) is 10.0 Å². The van der Waals surface area contributed by atoms with Gasteiger partial charge in [0.1, 0.15) is 11.5 Å². The van der Waals surface area contributed by atoms with Gasteiger partial charge in [-0.3, -0.25) is 9.62 Å². The predicted molar refractivity (Wildman–Crippen MR) is 158 cm³/mol. The van der Waals surface area contributed by atoms with Crippen LogP contribution in [0, 0.1) is 0 Å². The van der Waals surface area contributed by atoms with Crippen molar-refractivity contribution in [2.24, 2.45) is 0 Å². The van der Waals surface area contributed by atoms with Gasteiger partial charge in [-0.15, -0.1) is 0 Å². The van der Waals surface area contributed by atoms with Crippen molar-refractivity contribution < 1.29 is 23.1 Å². The number of ether oxygens (including phenoxy) is 1. The maximum Gasteiger partial charge on any atom is 0.317 e. The van der Waals surface area contributed by atoms with Crippen LogP contribution in [0.15, 0.2) is 48.5 Å². The molecule has 4 rings (SSSR count). The second-order valence-electron chi connectivity index (χ2n) is 11.1. The summed E-state index contributed by atoms with van der Waals surface area (Å²) >= 11 is 0. The van der Waals surface area contributed by atoms with E-state index >= 15 is 0 Å². The summed E-state index contributed by atoms with van der Waals surface area (Å²) in [6.45, 7) is 3.57. The first kappa shape index (κ1) is 30.1. The summed E-state index contributed by atoms with van der Waals surface area (Å²) < 4.78 is 31.1. The minimum atomic E-state index is -3.31. The second kappa shape index (κ2) is 14.7. The molecule has 0 aromatic heterocycles. The Morgan fingerprint density at radius 2 is 1.57 bits per heavy atom. The highest BCUT2D eigenvalue weighted by atomic mass is 32.2. The van der Waals surface area contributed by atoms with Gasteiger partial charge in [0, 0.05) is 50.6 Å². The molecule has 0 bridgehead atoms. The predicted octanol–water partition coefficient (Wildman–Crippen LogP) is 4.93. The van der Waals surface area contributed by atoms with Gasteiger partial charge in [-0.1, -0.05) is 31.4 Å². The molecular formula is C30H44N4O5S. The molecule has 10 heteroatoms. The largest absolute Gasteiger partial charge is 0.457 e. The van der Waals surface area contributed by atoms with Crippen LogP contribution in [-0.2, 0) is 16.6 Å². The standard InChI is InChI=1S/C30H44N4O5S/c1-40(37,38)32-26-11-15-29(16-12-26)39-28-13-9-24(10-14-28)23-33-20-17-27(18-21-33)34(19-5-6-22-35)30(36)31-25-7-3-2-4-8-25/h9-16,25,27,32,35H,2-8,17-23H2,1H3,(H,31,36). The van der Waals surface area contributed by atoms with Crippen LogP contribution in [0.2, 0.25) is 0 Å². The zero-order valence-electron chi connectivity index (χ0n) is 23.6. The summed E-state index contributed by atoms with van der Waals surface area (Å²) in [6, 6.07) is 15.4. The van der Waals surface area contributed by atoms with E-state index in [1.54, 1.807) is 24.3 Å². The van der Waals surface area contributed by atoms with E-state index in [4.69, 9.17) is 4.74 Å². The fourth-order valence-corrected chi connectivity index (χ4v) is 6.16. The number of urea groups is 1. The molecule has 1 aliphatic carbocycles. The van der Waals surface area contributed by atoms with Gasteiger partial charge in [0.15, 0.2) is 0 Å². The number of likely N-dealkylation sites (tertiary alicyclic amines) is 1. The van der Waals surface area contributed by atoms with Crippen LogP contribution in [0.25, 0.3) is 0 Å². The molecule has 1 aliphatic heterocycles. The molecule has 2 aliphatic rings. The van der Waals surface area contributed by atoms with Crippen molar-refractivity contribution in [1.82, 2.24) is 15.1 Å². The van der Waals surface area contributed by atoms with E-state index in [0.29, 0.717) is 29.8 Å². The second-order valence-corrected chi connectivity index (χ2v) is 12.8. The Balaban J connectivity index is 1.25. The van der Waals surface area contributed by atoms with Gasteiger partial charge in [0.25, 0.3) is 0 Å². The van der Waals surface area contributed by atoms with Crippen LogP contribution in [0.5, 0.6) is 11.5 Å². The van der Waals surface area contributed by atoms with Crippen molar-refractivity contribution in [3.8, 4) is 11.5 Å². The highest BCUT2D eigenvalue weighted by Gasteiger charge is 2.29. The zero-order valence-corrected chi connectivity index (χ0v) is 24.4. The minimum Gasteiger partial charge on any atom is -0.457 e. The lowest BCUT2D eigenvalue weighted by molar-refractivity contribution is 0.112. The third-order valence-electron chi connectivity index (χ3n) is 7.72. The van der Waals surface area contributed by atoms with E-state index in [-0.39, 0.29) is 18.7 Å². The molecule has 1 saturated heterocycles. The van der Waals surface area contributed by atoms with Crippen LogP contribution in [0.1, 0.15) is 63.4 Å². The van der Waals surface area contributed by atoms with Crippen molar-refractivity contribution in [2.75, 3.05) is 37.2 Å². The molecule has 220 valence electrons. The molecule has 2 aromatic carbocycles. The van der Waals surface area contributed by atoms with E-state index in [9.17, 15) is 18.3 Å². The SMILES string of the molecule is CS(=O)(=O)Nc1ccc(Oc2ccc(CN3CCC(N(CCCCO)C(=O)NC4CCCCC4)CC3)cc2)cc1. The normalized spacial score (nSPS) is 17.4. The monoisotopic (exact) mass is 572 g/mol. The number of piperidine rings is 1. The fourth-order valence-electron chi connectivity index (χ4n) is 5.60. The van der Waals surface area contributed by atoms with Gasteiger partial charge in [-0.25, -0.2) is 13.2 Å². The Morgan fingerprint density at radius 1 is 0.950 bits per heavy atom. The quantitative estimate of drug-likeness (QED) is 0.311. The summed E-state index contributed by atoms with van der Waals surface area (Å²) in [5, 5.41) is 12.5. The number of unbranched alkanes of at least 4 members (excludes halogenated alkanes) is 1. The first-order valence-corrected chi connectivity index (χ1v) is 16.4. The van der Waals surface area contributed by atoms with Crippen molar-refractivity contribution in [1.29, 1.82) is 0 Å². The number of anilines is 1. The average molecular weight is 573 g/mol. The number of nitrogens with zero attached hydrogens (tertiary/aromatic N) is 2. The minimum absolute atomic E-state index is 0.0696. The van der Waals surface area contributed by atoms with E-state index in [0.717, 1.165) is 64.4 Å². The molecule has 2 amide bonds. The molecule has 0 unspecified atom stereocenters. The molecule has 2 aromatic rings. The maximum atomic E-state index is 13.2. The summed E-state index contributed by atoms with van der Waals surface area (Å²) in [4.78, 5) is 17.7. The van der Waals surface area contributed by atoms with Crippen LogP contribution < -0.4 is 14.8 Å². The fraction of sp³-hybridized carbons (Fsp3) is 0.567. The van der Waals surface area contributed by atoms with Gasteiger partial charge < -0.3 is 20.1 Å². The van der Waals surface area contributed by atoms with Crippen LogP contribution in [0.3, 0.4) is 0 Å². The molecular weight excluding hydrogens is 528 g/mol. The molecule has 3 N–H and O–H groups in total. The van der Waals surface area contributed by atoms with Gasteiger partial charge in [-0.05, 0) is 80.5 Å². The number of sulfonamides is 1. The van der Waals surface area contributed by atoms with E-state index < -0.39 is 10.0 Å². The molecule has 2 fully saturated rings. The van der Waals surface area contributed by atoms with Crippen molar-refractivity contribution >= 4 is 21.7 Å². The first-order chi connectivity index (χ1) is 19.3. The zero-order chi connectivity index (χ0) is 28.4. The molecule has 1 heterocycles. The summed E-state index contributed by atoms with van der Waals surface area (Å²) in [7, 11) is -3.31. The number of nitrogens with one attached hydrogen (secondary N) is 2. The van der Waals surface area contributed by atoms with Crippen LogP contribution in [-0.4, -0.2) is 73.9 Å². The van der Waals surface area contributed by atoms with E-state index in [2.05, 4.69) is 27.1 Å². The van der Waals surface area contributed by atoms with Gasteiger partial charge in [-0.2, -0.15) is 0 Å². The topological polar surface area (TPSA) is 111 Å². The van der Waals surface area contributed by atoms with Gasteiger partial charge >= 0.3 is 6.03 Å². The molecule has 40 heavy (non-hydrogen) atoms. The average Bonchev–Trinajstić information content (AvgIpc) is 2.94. The third kappa shape index (κ3) is 9.67. The molecule has 0 spiro atoms. The Morgan fingerprint density at radius 3 is 2.17 bits per heavy atom. The molecule has 9 nitrogen and oxygen atoms in total. The summed E-state index contributed by atoms with van der Waals surface area (Å²) in [5.74, 6) is 1.35. The Kier molecular flexibility index (Phi) is 11.1. The molecule has 0 atom stereocenters. The molecule has 1 saturated carbocycles.